The van der Waals surface area contributed by atoms with Gasteiger partial charge in [0, 0.05) is 33.3 Å². The monoisotopic (exact) mass is 448 g/mol. The maximum atomic E-state index is 12.3. The van der Waals surface area contributed by atoms with E-state index in [9.17, 15) is 13.2 Å². The first-order valence-electron chi connectivity index (χ1n) is 9.10. The summed E-state index contributed by atoms with van der Waals surface area (Å²) in [5.74, 6) is -0.247. The molecule has 1 heterocycles. The standard InChI is InChI=1S/C22H16ClF3N2OS/c23-16-4-9-20-14(12-16)10-11-27-21(20)15-2-1-3-17(13-15)28-30-19-7-5-18(6-8-19)29-22(24,25)26/h1-9,12-13,28H,10-11H2. The van der Waals surface area contributed by atoms with E-state index >= 15 is 0 Å². The highest BCUT2D eigenvalue weighted by atomic mass is 35.5. The Morgan fingerprint density at radius 2 is 1.80 bits per heavy atom. The zero-order valence-electron chi connectivity index (χ0n) is 15.5. The molecule has 1 aliphatic rings. The largest absolute Gasteiger partial charge is 0.573 e. The summed E-state index contributed by atoms with van der Waals surface area (Å²) in [5, 5.41) is 0.716. The van der Waals surface area contributed by atoms with E-state index in [4.69, 9.17) is 16.6 Å². The van der Waals surface area contributed by atoms with Crippen molar-refractivity contribution in [3.05, 3.63) is 88.4 Å². The molecule has 0 atom stereocenters. The number of ether oxygens (including phenoxy) is 1. The third-order valence-corrected chi connectivity index (χ3v) is 5.53. The first-order chi connectivity index (χ1) is 14.4. The van der Waals surface area contributed by atoms with Crippen LogP contribution in [0.5, 0.6) is 5.75 Å². The van der Waals surface area contributed by atoms with E-state index in [1.54, 1.807) is 12.1 Å². The second kappa shape index (κ2) is 8.62. The summed E-state index contributed by atoms with van der Waals surface area (Å²) in [4.78, 5) is 5.46. The minimum atomic E-state index is -4.70. The quantitative estimate of drug-likeness (QED) is 0.438. The third-order valence-electron chi connectivity index (χ3n) is 4.45. The van der Waals surface area contributed by atoms with Crippen LogP contribution >= 0.6 is 23.5 Å². The summed E-state index contributed by atoms with van der Waals surface area (Å²) < 4.78 is 43.9. The van der Waals surface area contributed by atoms with Gasteiger partial charge >= 0.3 is 6.36 Å². The van der Waals surface area contributed by atoms with Gasteiger partial charge in [-0.25, -0.2) is 0 Å². The minimum Gasteiger partial charge on any atom is -0.406 e. The number of hydrogen-bond donors (Lipinski definition) is 1. The predicted molar refractivity (Wildman–Crippen MR) is 115 cm³/mol. The molecule has 3 aromatic rings. The van der Waals surface area contributed by atoms with Crippen molar-refractivity contribution in [1.29, 1.82) is 0 Å². The molecule has 0 aromatic heterocycles. The fourth-order valence-electron chi connectivity index (χ4n) is 3.18. The summed E-state index contributed by atoms with van der Waals surface area (Å²) in [7, 11) is 0. The molecule has 0 spiro atoms. The highest BCUT2D eigenvalue weighted by Crippen LogP contribution is 2.28. The SMILES string of the molecule is FC(F)(F)Oc1ccc(SNc2cccc(C3=NCCc4cc(Cl)ccc43)c2)cc1. The van der Waals surface area contributed by atoms with Gasteiger partial charge in [0.05, 0.1) is 5.71 Å². The molecule has 0 bridgehead atoms. The van der Waals surface area contributed by atoms with E-state index in [2.05, 4.69) is 9.46 Å². The zero-order valence-corrected chi connectivity index (χ0v) is 17.1. The molecule has 8 heteroatoms. The fraction of sp³-hybridized carbons (Fsp3) is 0.136. The summed E-state index contributed by atoms with van der Waals surface area (Å²) in [6.07, 6.45) is -3.83. The second-order valence-electron chi connectivity index (χ2n) is 6.59. The molecule has 4 rings (SSSR count). The normalized spacial score (nSPS) is 13.4. The predicted octanol–water partition coefficient (Wildman–Crippen LogP) is 6.75. The lowest BCUT2D eigenvalue weighted by atomic mass is 9.93. The van der Waals surface area contributed by atoms with Crippen molar-refractivity contribution in [2.45, 2.75) is 17.7 Å². The van der Waals surface area contributed by atoms with Gasteiger partial charge in [0.25, 0.3) is 0 Å². The van der Waals surface area contributed by atoms with Gasteiger partial charge in [-0.15, -0.1) is 13.2 Å². The molecule has 0 saturated heterocycles. The van der Waals surface area contributed by atoms with Crippen molar-refractivity contribution in [3.8, 4) is 5.75 Å². The average molecular weight is 449 g/mol. The summed E-state index contributed by atoms with van der Waals surface area (Å²) in [6, 6.07) is 19.4. The Labute approximate surface area is 181 Å². The molecule has 0 aliphatic carbocycles. The van der Waals surface area contributed by atoms with Gasteiger partial charge < -0.3 is 9.46 Å². The first kappa shape index (κ1) is 20.6. The van der Waals surface area contributed by atoms with Crippen molar-refractivity contribution in [2.75, 3.05) is 11.3 Å². The van der Waals surface area contributed by atoms with Crippen LogP contribution in [0.15, 0.2) is 76.6 Å². The van der Waals surface area contributed by atoms with Crippen LogP contribution < -0.4 is 9.46 Å². The Kier molecular flexibility index (Phi) is 5.92. The molecular weight excluding hydrogens is 433 g/mol. The second-order valence-corrected chi connectivity index (χ2v) is 7.90. The number of halogens is 4. The van der Waals surface area contributed by atoms with Crippen LogP contribution in [-0.4, -0.2) is 18.6 Å². The Morgan fingerprint density at radius 3 is 2.57 bits per heavy atom. The van der Waals surface area contributed by atoms with Crippen LogP contribution in [-0.2, 0) is 6.42 Å². The number of nitrogens with one attached hydrogen (secondary N) is 1. The number of alkyl halides is 3. The molecule has 1 N–H and O–H groups in total. The topological polar surface area (TPSA) is 33.6 Å². The summed E-state index contributed by atoms with van der Waals surface area (Å²) >= 11 is 7.42. The van der Waals surface area contributed by atoms with Crippen LogP contribution in [0, 0.1) is 0 Å². The lowest BCUT2D eigenvalue weighted by Gasteiger charge is -2.18. The molecule has 0 fully saturated rings. The van der Waals surface area contributed by atoms with Crippen LogP contribution in [0.25, 0.3) is 0 Å². The van der Waals surface area contributed by atoms with E-state index in [1.165, 1.54) is 29.6 Å². The highest BCUT2D eigenvalue weighted by Gasteiger charge is 2.30. The number of benzene rings is 3. The van der Waals surface area contributed by atoms with Gasteiger partial charge in [-0.3, -0.25) is 4.99 Å². The molecular formula is C22H16ClF3N2OS. The van der Waals surface area contributed by atoms with Crippen molar-refractivity contribution in [1.82, 2.24) is 0 Å². The Balaban J connectivity index is 1.47. The number of rotatable bonds is 5. The molecule has 3 nitrogen and oxygen atoms in total. The molecule has 0 amide bonds. The maximum absolute atomic E-state index is 12.3. The van der Waals surface area contributed by atoms with Crippen molar-refractivity contribution in [2.24, 2.45) is 4.99 Å². The third kappa shape index (κ3) is 5.09. The Bertz CT molecular complexity index is 1080. The van der Waals surface area contributed by atoms with Gasteiger partial charge in [0.2, 0.25) is 0 Å². The van der Waals surface area contributed by atoms with Gasteiger partial charge in [-0.2, -0.15) is 0 Å². The number of hydrogen-bond acceptors (Lipinski definition) is 4. The maximum Gasteiger partial charge on any atom is 0.573 e. The van der Waals surface area contributed by atoms with Gasteiger partial charge in [0.1, 0.15) is 5.75 Å². The highest BCUT2D eigenvalue weighted by molar-refractivity contribution is 8.00. The van der Waals surface area contributed by atoms with E-state index in [1.807, 2.05) is 42.5 Å². The van der Waals surface area contributed by atoms with E-state index in [-0.39, 0.29) is 5.75 Å². The number of anilines is 1. The van der Waals surface area contributed by atoms with Crippen LogP contribution in [0.2, 0.25) is 5.02 Å². The number of fused-ring (bicyclic) bond motifs is 1. The molecule has 3 aromatic carbocycles. The van der Waals surface area contributed by atoms with Crippen LogP contribution in [0.1, 0.15) is 16.7 Å². The van der Waals surface area contributed by atoms with Crippen LogP contribution in [0.3, 0.4) is 0 Å². The Hall–Kier alpha value is -2.64. The molecule has 1 aliphatic heterocycles. The fourth-order valence-corrected chi connectivity index (χ4v) is 4.01. The summed E-state index contributed by atoms with van der Waals surface area (Å²) in [5.41, 5.74) is 5.03. The van der Waals surface area contributed by atoms with Crippen LogP contribution in [0.4, 0.5) is 18.9 Å². The van der Waals surface area contributed by atoms with Crippen molar-refractivity contribution < 1.29 is 17.9 Å². The molecule has 0 radical (unpaired) electrons. The van der Waals surface area contributed by atoms with Gasteiger partial charge in [-0.1, -0.05) is 29.8 Å². The summed E-state index contributed by atoms with van der Waals surface area (Å²) in [6.45, 7) is 0.710. The Morgan fingerprint density at radius 1 is 1.00 bits per heavy atom. The smallest absolute Gasteiger partial charge is 0.406 e. The van der Waals surface area contributed by atoms with E-state index in [0.29, 0.717) is 11.6 Å². The first-order valence-corrected chi connectivity index (χ1v) is 10.3. The zero-order chi connectivity index (χ0) is 21.1. The average Bonchev–Trinajstić information content (AvgIpc) is 2.72. The number of aliphatic imine (C=N–C) groups is 1. The lowest BCUT2D eigenvalue weighted by molar-refractivity contribution is -0.274. The van der Waals surface area contributed by atoms with Crippen molar-refractivity contribution in [3.63, 3.8) is 0 Å². The van der Waals surface area contributed by atoms with E-state index < -0.39 is 6.36 Å². The lowest BCUT2D eigenvalue weighted by Crippen LogP contribution is -2.16. The van der Waals surface area contributed by atoms with Gasteiger partial charge in [-0.05, 0) is 72.5 Å². The van der Waals surface area contributed by atoms with Gasteiger partial charge in [0.15, 0.2) is 0 Å². The van der Waals surface area contributed by atoms with E-state index in [0.717, 1.165) is 33.8 Å². The molecule has 30 heavy (non-hydrogen) atoms. The molecule has 0 unspecified atom stereocenters. The van der Waals surface area contributed by atoms with Crippen molar-refractivity contribution >= 4 is 34.9 Å². The molecule has 0 saturated carbocycles. The minimum absolute atomic E-state index is 0.247. The molecule has 154 valence electrons. The number of nitrogens with zero attached hydrogens (tertiary/aromatic N) is 1.